The maximum absolute atomic E-state index is 13.0. The zero-order chi connectivity index (χ0) is 15.8. The number of aromatic amines is 2. The third-order valence-corrected chi connectivity index (χ3v) is 2.96. The molecule has 0 bridgehead atoms. The SMILES string of the molecule is CCCC(=O)c1cc2c(=O)[nH]c(=O)[nH]c2cc1C(F)(F)F. The minimum absolute atomic E-state index is 0.0597. The number of carbonyl (C=O) groups is 1. The van der Waals surface area contributed by atoms with E-state index in [1.807, 2.05) is 4.98 Å². The molecule has 0 unspecified atom stereocenters. The van der Waals surface area contributed by atoms with Crippen molar-refractivity contribution in [2.24, 2.45) is 0 Å². The van der Waals surface area contributed by atoms with E-state index in [1.165, 1.54) is 0 Å². The summed E-state index contributed by atoms with van der Waals surface area (Å²) in [4.78, 5) is 38.6. The molecule has 0 aliphatic carbocycles. The highest BCUT2D eigenvalue weighted by Crippen LogP contribution is 2.34. The second-order valence-corrected chi connectivity index (χ2v) is 4.52. The summed E-state index contributed by atoms with van der Waals surface area (Å²) in [5.41, 5.74) is -3.73. The molecule has 0 aliphatic heterocycles. The largest absolute Gasteiger partial charge is 0.417 e. The van der Waals surface area contributed by atoms with Crippen molar-refractivity contribution in [3.8, 4) is 0 Å². The molecule has 0 spiro atoms. The van der Waals surface area contributed by atoms with Crippen LogP contribution in [0, 0.1) is 0 Å². The summed E-state index contributed by atoms with van der Waals surface area (Å²) < 4.78 is 39.1. The molecule has 0 atom stereocenters. The number of H-pyrrole nitrogens is 2. The number of hydrogen-bond acceptors (Lipinski definition) is 3. The van der Waals surface area contributed by atoms with Crippen LogP contribution < -0.4 is 11.2 Å². The molecule has 1 aromatic carbocycles. The smallest absolute Gasteiger partial charge is 0.307 e. The van der Waals surface area contributed by atoms with E-state index >= 15 is 0 Å². The number of fused-ring (bicyclic) bond motifs is 1. The summed E-state index contributed by atoms with van der Waals surface area (Å²) in [7, 11) is 0. The van der Waals surface area contributed by atoms with Crippen LogP contribution in [0.2, 0.25) is 0 Å². The first kappa shape index (κ1) is 15.0. The van der Waals surface area contributed by atoms with Crippen molar-refractivity contribution in [3.05, 3.63) is 44.1 Å². The monoisotopic (exact) mass is 300 g/mol. The molecule has 21 heavy (non-hydrogen) atoms. The van der Waals surface area contributed by atoms with Gasteiger partial charge in [-0.2, -0.15) is 13.2 Å². The van der Waals surface area contributed by atoms with Crippen LogP contribution in [-0.2, 0) is 6.18 Å². The Morgan fingerprint density at radius 2 is 1.86 bits per heavy atom. The minimum atomic E-state index is -4.76. The van der Waals surface area contributed by atoms with Crippen molar-refractivity contribution in [1.82, 2.24) is 9.97 Å². The van der Waals surface area contributed by atoms with E-state index in [9.17, 15) is 27.6 Å². The van der Waals surface area contributed by atoms with Gasteiger partial charge in [0.05, 0.1) is 16.5 Å². The predicted octanol–water partition coefficient (Wildman–Crippen LogP) is 2.22. The topological polar surface area (TPSA) is 82.8 Å². The molecule has 2 aromatic rings. The number of nitrogens with one attached hydrogen (secondary N) is 2. The average molecular weight is 300 g/mol. The molecule has 0 saturated carbocycles. The van der Waals surface area contributed by atoms with Crippen molar-refractivity contribution in [2.45, 2.75) is 25.9 Å². The van der Waals surface area contributed by atoms with E-state index in [-0.39, 0.29) is 17.3 Å². The first-order valence-corrected chi connectivity index (χ1v) is 6.14. The van der Waals surface area contributed by atoms with Gasteiger partial charge in [-0.1, -0.05) is 6.92 Å². The molecule has 0 aliphatic rings. The van der Waals surface area contributed by atoms with E-state index in [0.717, 1.165) is 6.07 Å². The van der Waals surface area contributed by atoms with Crippen LogP contribution in [0.25, 0.3) is 10.9 Å². The number of alkyl halides is 3. The zero-order valence-electron chi connectivity index (χ0n) is 10.9. The Kier molecular flexibility index (Phi) is 3.71. The van der Waals surface area contributed by atoms with Gasteiger partial charge in [0, 0.05) is 12.0 Å². The Balaban J connectivity index is 2.85. The third-order valence-electron chi connectivity index (χ3n) is 2.96. The lowest BCUT2D eigenvalue weighted by molar-refractivity contribution is -0.137. The van der Waals surface area contributed by atoms with Gasteiger partial charge in [0.15, 0.2) is 5.78 Å². The number of ketones is 1. The van der Waals surface area contributed by atoms with Crippen molar-refractivity contribution < 1.29 is 18.0 Å². The Morgan fingerprint density at radius 3 is 2.43 bits per heavy atom. The number of Topliss-reactive ketones (excluding diaryl/α,β-unsaturated/α-hetero) is 1. The zero-order valence-corrected chi connectivity index (χ0v) is 10.9. The number of carbonyl (C=O) groups excluding carboxylic acids is 1. The quantitative estimate of drug-likeness (QED) is 0.853. The molecule has 1 heterocycles. The van der Waals surface area contributed by atoms with Gasteiger partial charge in [-0.05, 0) is 18.6 Å². The highest BCUT2D eigenvalue weighted by Gasteiger charge is 2.35. The van der Waals surface area contributed by atoms with Crippen molar-refractivity contribution in [3.63, 3.8) is 0 Å². The molecule has 0 saturated heterocycles. The number of aromatic nitrogens is 2. The van der Waals surface area contributed by atoms with Gasteiger partial charge in [-0.25, -0.2) is 4.79 Å². The normalized spacial score (nSPS) is 11.8. The van der Waals surface area contributed by atoms with Gasteiger partial charge in [-0.3, -0.25) is 14.6 Å². The fourth-order valence-corrected chi connectivity index (χ4v) is 2.04. The molecule has 2 rings (SSSR count). The van der Waals surface area contributed by atoms with E-state index in [0.29, 0.717) is 12.5 Å². The van der Waals surface area contributed by atoms with Crippen LogP contribution in [0.4, 0.5) is 13.2 Å². The maximum atomic E-state index is 13.0. The van der Waals surface area contributed by atoms with Crippen molar-refractivity contribution in [2.75, 3.05) is 0 Å². The fourth-order valence-electron chi connectivity index (χ4n) is 2.04. The summed E-state index contributed by atoms with van der Waals surface area (Å²) in [5, 5.41) is -0.165. The molecule has 0 fully saturated rings. The van der Waals surface area contributed by atoms with Gasteiger partial charge < -0.3 is 4.98 Å². The summed E-state index contributed by atoms with van der Waals surface area (Å²) in [6.45, 7) is 1.66. The van der Waals surface area contributed by atoms with Crippen molar-refractivity contribution >= 4 is 16.7 Å². The van der Waals surface area contributed by atoms with Crippen molar-refractivity contribution in [1.29, 1.82) is 0 Å². The van der Waals surface area contributed by atoms with E-state index in [2.05, 4.69) is 4.98 Å². The molecule has 2 N–H and O–H groups in total. The second kappa shape index (κ2) is 5.19. The number of hydrogen-bond donors (Lipinski definition) is 2. The van der Waals surface area contributed by atoms with Gasteiger partial charge in [0.2, 0.25) is 0 Å². The first-order chi connectivity index (χ1) is 9.74. The van der Waals surface area contributed by atoms with E-state index in [4.69, 9.17) is 0 Å². The van der Waals surface area contributed by atoms with Gasteiger partial charge in [0.25, 0.3) is 5.56 Å². The first-order valence-electron chi connectivity index (χ1n) is 6.14. The molecule has 0 amide bonds. The standard InChI is InChI=1S/C13H11F3N2O3/c1-2-3-10(19)6-4-7-9(5-8(6)13(14,15)16)17-12(21)18-11(7)20/h4-5H,2-3H2,1H3,(H2,17,18,20,21). The van der Waals surface area contributed by atoms with Gasteiger partial charge in [0.1, 0.15) is 0 Å². The van der Waals surface area contributed by atoms with E-state index < -0.39 is 34.3 Å². The Bertz CT molecular complexity index is 818. The number of benzene rings is 1. The van der Waals surface area contributed by atoms with Crippen LogP contribution in [0.15, 0.2) is 21.7 Å². The molecular formula is C13H11F3N2O3. The molecular weight excluding hydrogens is 289 g/mol. The van der Waals surface area contributed by atoms with Crippen LogP contribution >= 0.6 is 0 Å². The third kappa shape index (κ3) is 2.88. The molecule has 112 valence electrons. The Labute approximate surface area is 115 Å². The van der Waals surface area contributed by atoms with Gasteiger partial charge >= 0.3 is 11.9 Å². The molecule has 5 nitrogen and oxygen atoms in total. The summed E-state index contributed by atoms with van der Waals surface area (Å²) in [5.74, 6) is -0.697. The summed E-state index contributed by atoms with van der Waals surface area (Å²) >= 11 is 0. The predicted molar refractivity (Wildman–Crippen MR) is 69.4 cm³/mol. The molecule has 0 radical (unpaired) electrons. The molecule has 1 aromatic heterocycles. The number of rotatable bonds is 3. The average Bonchev–Trinajstić information content (AvgIpc) is 2.36. The molecule has 8 heteroatoms. The highest BCUT2D eigenvalue weighted by molar-refractivity contribution is 6.01. The Morgan fingerprint density at radius 1 is 1.19 bits per heavy atom. The number of halogens is 3. The van der Waals surface area contributed by atoms with Crippen LogP contribution in [0.3, 0.4) is 0 Å². The van der Waals surface area contributed by atoms with Crippen LogP contribution in [0.1, 0.15) is 35.7 Å². The summed E-state index contributed by atoms with van der Waals surface area (Å²) in [6, 6.07) is 1.50. The van der Waals surface area contributed by atoms with Crippen LogP contribution in [0.5, 0.6) is 0 Å². The lowest BCUT2D eigenvalue weighted by atomic mass is 9.98. The second-order valence-electron chi connectivity index (χ2n) is 4.52. The highest BCUT2D eigenvalue weighted by atomic mass is 19.4. The maximum Gasteiger partial charge on any atom is 0.417 e. The minimum Gasteiger partial charge on any atom is -0.307 e. The lowest BCUT2D eigenvalue weighted by Gasteiger charge is -2.13. The lowest BCUT2D eigenvalue weighted by Crippen LogP contribution is -2.23. The van der Waals surface area contributed by atoms with Gasteiger partial charge in [-0.15, -0.1) is 0 Å². The van der Waals surface area contributed by atoms with E-state index in [1.54, 1.807) is 6.92 Å². The van der Waals surface area contributed by atoms with Crippen LogP contribution in [-0.4, -0.2) is 15.8 Å². The Hall–Kier alpha value is -2.38. The fraction of sp³-hybridized carbons (Fsp3) is 0.308. The summed E-state index contributed by atoms with van der Waals surface area (Å²) in [6.07, 6.45) is -4.43.